The molecule has 5 heteroatoms. The van der Waals surface area contributed by atoms with Crippen molar-refractivity contribution in [1.82, 2.24) is 0 Å². The fourth-order valence-corrected chi connectivity index (χ4v) is 2.65. The molecule has 0 aliphatic carbocycles. The number of hydrogen-bond acceptors (Lipinski definition) is 5. The topological polar surface area (TPSA) is 54.0 Å². The molecule has 0 aliphatic heterocycles. The maximum atomic E-state index is 12.4. The summed E-state index contributed by atoms with van der Waals surface area (Å²) < 4.78 is 22.3. The Labute approximate surface area is 170 Å². The lowest BCUT2D eigenvalue weighted by Gasteiger charge is -2.19. The molecule has 0 radical (unpaired) electrons. The predicted octanol–water partition coefficient (Wildman–Crippen LogP) is 4.61. The van der Waals surface area contributed by atoms with Crippen LogP contribution in [0.15, 0.2) is 84.9 Å². The molecule has 29 heavy (non-hydrogen) atoms. The zero-order valence-corrected chi connectivity index (χ0v) is 16.3. The Morgan fingerprint density at radius 3 is 1.93 bits per heavy atom. The maximum absolute atomic E-state index is 12.4. The van der Waals surface area contributed by atoms with Crippen LogP contribution in [0, 0.1) is 0 Å². The summed E-state index contributed by atoms with van der Waals surface area (Å²) in [5.41, 5.74) is 2.44. The highest BCUT2D eigenvalue weighted by Gasteiger charge is 2.15. The number of methoxy groups -OCH3 is 1. The van der Waals surface area contributed by atoms with Gasteiger partial charge in [0.05, 0.1) is 25.9 Å². The third-order valence-corrected chi connectivity index (χ3v) is 4.21. The fourth-order valence-electron chi connectivity index (χ4n) is 2.65. The Morgan fingerprint density at radius 1 is 0.793 bits per heavy atom. The summed E-state index contributed by atoms with van der Waals surface area (Å²) in [6.07, 6.45) is -0.690. The van der Waals surface area contributed by atoms with Gasteiger partial charge in [0.2, 0.25) is 0 Å². The van der Waals surface area contributed by atoms with Crippen molar-refractivity contribution in [3.63, 3.8) is 0 Å². The van der Waals surface area contributed by atoms with Gasteiger partial charge in [-0.05, 0) is 29.3 Å². The molecule has 5 nitrogen and oxygen atoms in total. The van der Waals surface area contributed by atoms with Crippen molar-refractivity contribution < 1.29 is 23.7 Å². The molecule has 0 amide bonds. The van der Waals surface area contributed by atoms with E-state index in [1.54, 1.807) is 31.4 Å². The quantitative estimate of drug-likeness (QED) is 0.372. The molecule has 0 atom stereocenters. The largest absolute Gasteiger partial charge is 0.497 e. The Hall–Kier alpha value is -3.15. The van der Waals surface area contributed by atoms with Gasteiger partial charge in [0.25, 0.3) is 0 Å². The van der Waals surface area contributed by atoms with Crippen LogP contribution in [-0.4, -0.2) is 26.0 Å². The highest BCUT2D eigenvalue weighted by molar-refractivity contribution is 5.89. The molecule has 0 spiro atoms. The average molecular weight is 392 g/mol. The van der Waals surface area contributed by atoms with Gasteiger partial charge in [0.1, 0.15) is 12.4 Å². The van der Waals surface area contributed by atoms with Crippen molar-refractivity contribution >= 4 is 5.97 Å². The number of ether oxygens (including phenoxy) is 4. The molecular formula is C24H24O5. The molecule has 0 heterocycles. The van der Waals surface area contributed by atoms with E-state index in [9.17, 15) is 4.79 Å². The minimum absolute atomic E-state index is 0.0181. The van der Waals surface area contributed by atoms with Crippen LogP contribution >= 0.6 is 0 Å². The Bertz CT molecular complexity index is 837. The van der Waals surface area contributed by atoms with Gasteiger partial charge < -0.3 is 18.9 Å². The number of carbonyl (C=O) groups is 1. The summed E-state index contributed by atoms with van der Waals surface area (Å²) in [5.74, 6) is 0.136. The van der Waals surface area contributed by atoms with Crippen LogP contribution in [-0.2, 0) is 27.4 Å². The summed E-state index contributed by atoms with van der Waals surface area (Å²) in [4.78, 5) is 12.4. The van der Waals surface area contributed by atoms with Gasteiger partial charge in [-0.1, -0.05) is 66.7 Å². The maximum Gasteiger partial charge on any atom is 0.338 e. The van der Waals surface area contributed by atoms with Gasteiger partial charge >= 0.3 is 5.97 Å². The van der Waals surface area contributed by atoms with E-state index in [0.29, 0.717) is 24.5 Å². The van der Waals surface area contributed by atoms with Gasteiger partial charge in [-0.2, -0.15) is 0 Å². The first-order chi connectivity index (χ1) is 14.2. The Balaban J connectivity index is 1.59. The Morgan fingerprint density at radius 2 is 1.38 bits per heavy atom. The van der Waals surface area contributed by atoms with Gasteiger partial charge in [0, 0.05) is 0 Å². The molecule has 0 aliphatic rings. The van der Waals surface area contributed by atoms with Crippen molar-refractivity contribution in [1.29, 1.82) is 0 Å². The minimum Gasteiger partial charge on any atom is -0.497 e. The van der Waals surface area contributed by atoms with E-state index in [0.717, 1.165) is 11.1 Å². The van der Waals surface area contributed by atoms with Gasteiger partial charge in [0.15, 0.2) is 6.29 Å². The zero-order valence-electron chi connectivity index (χ0n) is 16.3. The van der Waals surface area contributed by atoms with Crippen LogP contribution in [0.25, 0.3) is 0 Å². The van der Waals surface area contributed by atoms with Crippen LogP contribution in [0.4, 0.5) is 0 Å². The lowest BCUT2D eigenvalue weighted by molar-refractivity contribution is -0.176. The van der Waals surface area contributed by atoms with Crippen LogP contribution < -0.4 is 4.74 Å². The van der Waals surface area contributed by atoms with Crippen molar-refractivity contribution in [2.24, 2.45) is 0 Å². The monoisotopic (exact) mass is 392 g/mol. The number of benzene rings is 3. The lowest BCUT2D eigenvalue weighted by Crippen LogP contribution is -2.25. The van der Waals surface area contributed by atoms with E-state index in [2.05, 4.69) is 0 Å². The van der Waals surface area contributed by atoms with E-state index < -0.39 is 12.3 Å². The van der Waals surface area contributed by atoms with Crippen molar-refractivity contribution in [3.8, 4) is 5.75 Å². The molecule has 3 aromatic rings. The third-order valence-electron chi connectivity index (χ3n) is 4.21. The fraction of sp³-hybridized carbons (Fsp3) is 0.208. The number of carbonyl (C=O) groups excluding carboxylic acids is 1. The van der Waals surface area contributed by atoms with Crippen LogP contribution in [0.1, 0.15) is 21.5 Å². The average Bonchev–Trinajstić information content (AvgIpc) is 2.79. The summed E-state index contributed by atoms with van der Waals surface area (Å²) in [6.45, 7) is 0.698. The molecular weight excluding hydrogens is 368 g/mol. The van der Waals surface area contributed by atoms with Crippen LogP contribution in [0.2, 0.25) is 0 Å². The number of rotatable bonds is 10. The number of hydrogen-bond donors (Lipinski definition) is 0. The van der Waals surface area contributed by atoms with Crippen molar-refractivity contribution in [3.05, 3.63) is 102 Å². The first kappa shape index (κ1) is 20.6. The molecule has 0 saturated carbocycles. The molecule has 150 valence electrons. The second-order valence-electron chi connectivity index (χ2n) is 6.35. The van der Waals surface area contributed by atoms with E-state index in [1.807, 2.05) is 60.7 Å². The van der Waals surface area contributed by atoms with E-state index in [4.69, 9.17) is 18.9 Å². The van der Waals surface area contributed by atoms with Gasteiger partial charge in [-0.15, -0.1) is 0 Å². The Kier molecular flexibility index (Phi) is 7.81. The molecule has 3 rings (SSSR count). The molecule has 3 aromatic carbocycles. The van der Waals surface area contributed by atoms with E-state index in [-0.39, 0.29) is 6.61 Å². The molecule has 0 aromatic heterocycles. The highest BCUT2D eigenvalue weighted by atomic mass is 16.7. The number of esters is 1. The smallest absolute Gasteiger partial charge is 0.338 e. The van der Waals surface area contributed by atoms with E-state index >= 15 is 0 Å². The second-order valence-corrected chi connectivity index (χ2v) is 6.35. The lowest BCUT2D eigenvalue weighted by atomic mass is 10.2. The summed E-state index contributed by atoms with van der Waals surface area (Å²) in [7, 11) is 1.55. The highest BCUT2D eigenvalue weighted by Crippen LogP contribution is 2.14. The van der Waals surface area contributed by atoms with Gasteiger partial charge in [-0.25, -0.2) is 4.79 Å². The predicted molar refractivity (Wildman–Crippen MR) is 110 cm³/mol. The summed E-state index contributed by atoms with van der Waals surface area (Å²) in [5, 5.41) is 0. The first-order valence-corrected chi connectivity index (χ1v) is 9.37. The second kappa shape index (κ2) is 11.0. The standard InChI is InChI=1S/C24H24O5/c1-26-22-14-8-13-21(15-22)24(25)29-18-23(27-16-19-9-4-2-5-10-19)28-17-20-11-6-3-7-12-20/h2-15,23H,16-18H2,1H3. The molecule has 0 bridgehead atoms. The van der Waals surface area contributed by atoms with E-state index in [1.165, 1.54) is 0 Å². The molecule has 0 saturated heterocycles. The normalized spacial score (nSPS) is 10.7. The molecule has 0 fully saturated rings. The SMILES string of the molecule is COc1cccc(C(=O)OCC(OCc2ccccc2)OCc2ccccc2)c1. The van der Waals surface area contributed by atoms with Gasteiger partial charge in [-0.3, -0.25) is 0 Å². The molecule has 0 unspecified atom stereocenters. The van der Waals surface area contributed by atoms with Crippen molar-refractivity contribution in [2.75, 3.05) is 13.7 Å². The summed E-state index contributed by atoms with van der Waals surface area (Å²) >= 11 is 0. The van der Waals surface area contributed by atoms with Crippen LogP contribution in [0.3, 0.4) is 0 Å². The minimum atomic E-state index is -0.690. The summed E-state index contributed by atoms with van der Waals surface area (Å²) in [6, 6.07) is 26.4. The molecule has 0 N–H and O–H groups in total. The third kappa shape index (κ3) is 6.75. The van der Waals surface area contributed by atoms with Crippen molar-refractivity contribution in [2.45, 2.75) is 19.5 Å². The van der Waals surface area contributed by atoms with Crippen LogP contribution in [0.5, 0.6) is 5.75 Å². The zero-order chi connectivity index (χ0) is 20.3. The first-order valence-electron chi connectivity index (χ1n) is 9.37.